The van der Waals surface area contributed by atoms with Gasteiger partial charge in [0.2, 0.25) is 0 Å². The lowest BCUT2D eigenvalue weighted by Gasteiger charge is -2.33. The van der Waals surface area contributed by atoms with E-state index < -0.39 is 35.2 Å². The average Bonchev–Trinajstić information content (AvgIpc) is 2.72. The number of hydrogen-bond acceptors (Lipinski definition) is 3. The molecule has 31 heavy (non-hydrogen) atoms. The van der Waals surface area contributed by atoms with Crippen LogP contribution in [0, 0.1) is 5.92 Å². The van der Waals surface area contributed by atoms with Crippen LogP contribution in [-0.2, 0) is 11.7 Å². The topological polar surface area (TPSA) is 55.5 Å². The predicted molar refractivity (Wildman–Crippen MR) is 109 cm³/mol. The average molecular weight is 445 g/mol. The van der Waals surface area contributed by atoms with Crippen molar-refractivity contribution in [3.05, 3.63) is 41.5 Å². The van der Waals surface area contributed by atoms with Crippen LogP contribution in [0.5, 0.6) is 5.75 Å². The summed E-state index contributed by atoms with van der Waals surface area (Å²) in [6, 6.07) is 7.13. The van der Waals surface area contributed by atoms with Crippen LogP contribution >= 0.6 is 0 Å². The normalized spacial score (nSPS) is 22.4. The van der Waals surface area contributed by atoms with Crippen molar-refractivity contribution in [1.82, 2.24) is 0 Å². The van der Waals surface area contributed by atoms with E-state index in [9.17, 15) is 27.1 Å². The van der Waals surface area contributed by atoms with Crippen molar-refractivity contribution < 1.29 is 31.8 Å². The summed E-state index contributed by atoms with van der Waals surface area (Å²) in [5.41, 5.74) is 4.55. The van der Waals surface area contributed by atoms with E-state index in [1.807, 2.05) is 0 Å². The third-order valence-electron chi connectivity index (χ3n) is 6.29. The number of hydrogen-bond donors (Lipinski definition) is 2. The fourth-order valence-corrected chi connectivity index (χ4v) is 4.22. The zero-order valence-corrected chi connectivity index (χ0v) is 17.6. The molecule has 2 aromatic rings. The molecule has 1 aliphatic carbocycles. The van der Waals surface area contributed by atoms with Gasteiger partial charge in [0.1, 0.15) is 11.3 Å². The molecule has 3 N–H and O–H groups in total. The van der Waals surface area contributed by atoms with Crippen LogP contribution in [0.1, 0.15) is 57.1 Å². The molecule has 3 rings (SSSR count). The summed E-state index contributed by atoms with van der Waals surface area (Å²) in [7, 11) is 0. The fraction of sp³-hybridized carbons (Fsp3) is 0.565. The monoisotopic (exact) mass is 445 g/mol. The number of halogens is 5. The maximum Gasteiger partial charge on any atom is 0.420 e. The molecule has 1 fully saturated rings. The number of benzene rings is 2. The number of alkyl halides is 5. The summed E-state index contributed by atoms with van der Waals surface area (Å²) < 4.78 is 75.4. The number of nitrogens with two attached hydrogens (primary N) is 1. The van der Waals surface area contributed by atoms with Crippen molar-refractivity contribution >= 4 is 10.8 Å². The molecule has 1 atom stereocenters. The van der Waals surface area contributed by atoms with Crippen molar-refractivity contribution in [2.75, 3.05) is 6.61 Å². The summed E-state index contributed by atoms with van der Waals surface area (Å²) in [5, 5.41) is 9.74. The third kappa shape index (κ3) is 4.95. The van der Waals surface area contributed by atoms with Gasteiger partial charge in [-0.25, -0.2) is 8.78 Å². The van der Waals surface area contributed by atoms with Gasteiger partial charge in [-0.05, 0) is 61.1 Å². The fourth-order valence-electron chi connectivity index (χ4n) is 4.22. The molecule has 0 heterocycles. The Balaban J connectivity index is 1.90. The molecule has 0 radical (unpaired) electrons. The summed E-state index contributed by atoms with van der Waals surface area (Å²) >= 11 is 0. The number of fused-ring (bicyclic) bond motifs is 1. The second-order valence-electron chi connectivity index (χ2n) is 8.65. The standard InChI is InChI=1S/C23H28F5NO2/c1-3-22(24,25)15-5-8-17(9-6-15)31-19-11-4-14-12-16(21(2,29)13-30)7-10-18(14)20(19)23(26,27)28/h4,7,10-12,15,17,30H,3,5-6,8-9,13,29H2,1-2H3. The Hall–Kier alpha value is -1.93. The lowest BCUT2D eigenvalue weighted by Crippen LogP contribution is -2.36. The van der Waals surface area contributed by atoms with Crippen molar-refractivity contribution in [3.8, 4) is 5.75 Å². The van der Waals surface area contributed by atoms with E-state index in [0.717, 1.165) is 0 Å². The summed E-state index contributed by atoms with van der Waals surface area (Å²) in [6.45, 7) is 2.67. The van der Waals surface area contributed by atoms with Gasteiger partial charge in [0.15, 0.2) is 0 Å². The minimum absolute atomic E-state index is 0.0336. The number of rotatable bonds is 6. The zero-order valence-electron chi connectivity index (χ0n) is 17.6. The first kappa shape index (κ1) is 23.7. The minimum atomic E-state index is -4.66. The van der Waals surface area contributed by atoms with Crippen molar-refractivity contribution in [1.29, 1.82) is 0 Å². The Kier molecular flexibility index (Phi) is 6.54. The van der Waals surface area contributed by atoms with E-state index in [0.29, 0.717) is 10.9 Å². The van der Waals surface area contributed by atoms with E-state index in [1.165, 1.54) is 37.3 Å². The van der Waals surface area contributed by atoms with Gasteiger partial charge in [-0.2, -0.15) is 13.2 Å². The molecule has 1 aliphatic rings. The molecule has 0 aliphatic heterocycles. The minimum Gasteiger partial charge on any atom is -0.490 e. The SMILES string of the molecule is CCC(F)(F)C1CCC(Oc2ccc3cc(C(C)(N)CO)ccc3c2C(F)(F)F)CC1. The van der Waals surface area contributed by atoms with Crippen LogP contribution < -0.4 is 10.5 Å². The summed E-state index contributed by atoms with van der Waals surface area (Å²) in [4.78, 5) is 0. The zero-order chi connectivity index (χ0) is 23.0. The molecule has 2 aromatic carbocycles. The Bertz CT molecular complexity index is 918. The summed E-state index contributed by atoms with van der Waals surface area (Å²) in [5.74, 6) is -3.81. The van der Waals surface area contributed by atoms with Crippen molar-refractivity contribution in [2.45, 2.75) is 69.7 Å². The number of aliphatic hydroxyl groups is 1. The van der Waals surface area contributed by atoms with E-state index in [1.54, 1.807) is 6.92 Å². The van der Waals surface area contributed by atoms with Gasteiger partial charge in [-0.3, -0.25) is 0 Å². The Labute approximate surface area is 178 Å². The smallest absolute Gasteiger partial charge is 0.420 e. The lowest BCUT2D eigenvalue weighted by molar-refractivity contribution is -0.138. The lowest BCUT2D eigenvalue weighted by atomic mass is 9.82. The van der Waals surface area contributed by atoms with E-state index in [4.69, 9.17) is 10.5 Å². The number of ether oxygens (including phenoxy) is 1. The molecule has 0 spiro atoms. The molecule has 3 nitrogen and oxygen atoms in total. The molecular formula is C23H28F5NO2. The Morgan fingerprint density at radius 2 is 1.68 bits per heavy atom. The van der Waals surface area contributed by atoms with Gasteiger partial charge in [0.05, 0.1) is 18.2 Å². The van der Waals surface area contributed by atoms with Gasteiger partial charge in [-0.15, -0.1) is 0 Å². The molecular weight excluding hydrogens is 417 g/mol. The van der Waals surface area contributed by atoms with Crippen LogP contribution in [-0.4, -0.2) is 23.7 Å². The van der Waals surface area contributed by atoms with Gasteiger partial charge >= 0.3 is 6.18 Å². The second kappa shape index (κ2) is 8.54. The highest BCUT2D eigenvalue weighted by Crippen LogP contribution is 2.44. The molecule has 1 unspecified atom stereocenters. The maximum absolute atomic E-state index is 14.0. The molecule has 0 aromatic heterocycles. The molecule has 0 bridgehead atoms. The quantitative estimate of drug-likeness (QED) is 0.536. The highest BCUT2D eigenvalue weighted by atomic mass is 19.4. The second-order valence-corrected chi connectivity index (χ2v) is 8.65. The third-order valence-corrected chi connectivity index (χ3v) is 6.29. The molecule has 8 heteroatoms. The largest absolute Gasteiger partial charge is 0.490 e. The van der Waals surface area contributed by atoms with Crippen LogP contribution in [0.2, 0.25) is 0 Å². The molecule has 0 saturated heterocycles. The summed E-state index contributed by atoms with van der Waals surface area (Å²) in [6.07, 6.45) is -4.42. The van der Waals surface area contributed by atoms with Gasteiger partial charge in [0, 0.05) is 12.3 Å². The highest BCUT2D eigenvalue weighted by Gasteiger charge is 2.41. The first-order chi connectivity index (χ1) is 14.4. The molecule has 172 valence electrons. The van der Waals surface area contributed by atoms with Crippen LogP contribution in [0.4, 0.5) is 22.0 Å². The Morgan fingerprint density at radius 3 is 2.23 bits per heavy atom. The van der Waals surface area contributed by atoms with Gasteiger partial charge in [0.25, 0.3) is 5.92 Å². The maximum atomic E-state index is 14.0. The highest BCUT2D eigenvalue weighted by molar-refractivity contribution is 5.89. The molecule has 0 amide bonds. The van der Waals surface area contributed by atoms with E-state index >= 15 is 0 Å². The molecule has 1 saturated carbocycles. The number of aliphatic hydroxyl groups excluding tert-OH is 1. The predicted octanol–water partition coefficient (Wildman–Crippen LogP) is 6.01. The van der Waals surface area contributed by atoms with Crippen LogP contribution in [0.3, 0.4) is 0 Å². The van der Waals surface area contributed by atoms with Crippen molar-refractivity contribution in [3.63, 3.8) is 0 Å². The Morgan fingerprint density at radius 1 is 1.03 bits per heavy atom. The first-order valence-corrected chi connectivity index (χ1v) is 10.5. The van der Waals surface area contributed by atoms with Crippen LogP contribution in [0.15, 0.2) is 30.3 Å². The van der Waals surface area contributed by atoms with Gasteiger partial charge in [-0.1, -0.05) is 25.1 Å². The first-order valence-electron chi connectivity index (χ1n) is 10.5. The van der Waals surface area contributed by atoms with Gasteiger partial charge < -0.3 is 15.6 Å². The van der Waals surface area contributed by atoms with E-state index in [-0.39, 0.29) is 49.8 Å². The van der Waals surface area contributed by atoms with Crippen molar-refractivity contribution in [2.24, 2.45) is 11.7 Å². The van der Waals surface area contributed by atoms with E-state index in [2.05, 4.69) is 0 Å². The van der Waals surface area contributed by atoms with Crippen LogP contribution in [0.25, 0.3) is 10.8 Å².